The van der Waals surface area contributed by atoms with Gasteiger partial charge in [-0.05, 0) is 48.7 Å². The van der Waals surface area contributed by atoms with Gasteiger partial charge in [0.2, 0.25) is 11.8 Å². The number of nitrogens with zero attached hydrogens (tertiary/aromatic N) is 1. The maximum atomic E-state index is 12.9. The van der Waals surface area contributed by atoms with Crippen LogP contribution in [0.15, 0.2) is 46.6 Å². The van der Waals surface area contributed by atoms with Crippen molar-refractivity contribution in [3.05, 3.63) is 66.2 Å². The number of benzene rings is 1. The molecule has 0 atom stereocenters. The fraction of sp³-hybridized carbons (Fsp3) is 0.182. The van der Waals surface area contributed by atoms with Gasteiger partial charge in [-0.15, -0.1) is 22.7 Å². The highest BCUT2D eigenvalue weighted by atomic mass is 32.1. The zero-order valence-corrected chi connectivity index (χ0v) is 19.0. The number of thiophene rings is 1. The van der Waals surface area contributed by atoms with Crippen molar-refractivity contribution in [2.45, 2.75) is 20.4 Å². The summed E-state index contributed by atoms with van der Waals surface area (Å²) < 4.78 is 6.94. The zero-order chi connectivity index (χ0) is 23.1. The highest BCUT2D eigenvalue weighted by Crippen LogP contribution is 2.13. The van der Waals surface area contributed by atoms with Crippen LogP contribution in [0.1, 0.15) is 18.7 Å². The maximum absolute atomic E-state index is 12.9. The molecule has 10 heteroatoms. The standard InChI is InChI=1S/C22H21N3O5S2/c1-3-30-21(28)12-20-25(22(29)18(32-20)11-17-5-4-10-31-17)13-19(27)24-16-8-6-15(7-9-16)23-14(2)26/h4-12H,3,13H2,1-2H3,(H,23,26)(H,24,27)/b18-11-,20-12-. The van der Waals surface area contributed by atoms with Gasteiger partial charge in [0.1, 0.15) is 11.2 Å². The van der Waals surface area contributed by atoms with Crippen LogP contribution >= 0.6 is 22.7 Å². The minimum Gasteiger partial charge on any atom is -0.463 e. The van der Waals surface area contributed by atoms with Crippen LogP contribution in [0.25, 0.3) is 12.2 Å². The number of nitrogens with one attached hydrogen (secondary N) is 2. The lowest BCUT2D eigenvalue weighted by Gasteiger charge is -2.07. The highest BCUT2D eigenvalue weighted by molar-refractivity contribution is 7.11. The van der Waals surface area contributed by atoms with Gasteiger partial charge in [-0.25, -0.2) is 4.79 Å². The average Bonchev–Trinajstić information content (AvgIpc) is 3.34. The summed E-state index contributed by atoms with van der Waals surface area (Å²) in [5, 5.41) is 7.25. The monoisotopic (exact) mass is 471 g/mol. The Balaban J connectivity index is 1.87. The zero-order valence-electron chi connectivity index (χ0n) is 17.4. The summed E-state index contributed by atoms with van der Waals surface area (Å²) in [7, 11) is 0. The summed E-state index contributed by atoms with van der Waals surface area (Å²) in [6.07, 6.45) is 2.95. The van der Waals surface area contributed by atoms with Crippen LogP contribution in [-0.4, -0.2) is 29.0 Å². The number of hydrogen-bond acceptors (Lipinski definition) is 7. The van der Waals surface area contributed by atoms with Crippen molar-refractivity contribution in [3.63, 3.8) is 0 Å². The number of amides is 2. The Labute approximate surface area is 191 Å². The molecule has 0 aliphatic heterocycles. The lowest BCUT2D eigenvalue weighted by molar-refractivity contribution is -0.135. The molecule has 2 aromatic heterocycles. The van der Waals surface area contributed by atoms with Crippen molar-refractivity contribution >= 4 is 64.0 Å². The predicted octanol–water partition coefficient (Wildman–Crippen LogP) is 1.74. The Morgan fingerprint density at radius 2 is 1.78 bits per heavy atom. The van der Waals surface area contributed by atoms with Crippen molar-refractivity contribution < 1.29 is 19.1 Å². The molecule has 2 heterocycles. The number of carbonyl (C=O) groups excluding carboxylic acids is 3. The van der Waals surface area contributed by atoms with Crippen LogP contribution in [0.2, 0.25) is 0 Å². The molecule has 0 saturated heterocycles. The Morgan fingerprint density at radius 1 is 1.09 bits per heavy atom. The molecular formula is C22H21N3O5S2. The molecule has 0 spiro atoms. The molecule has 166 valence electrons. The first-order valence-electron chi connectivity index (χ1n) is 9.66. The summed E-state index contributed by atoms with van der Waals surface area (Å²) in [6.45, 7) is 3.03. The third-order valence-electron chi connectivity index (χ3n) is 4.07. The predicted molar refractivity (Wildman–Crippen MR) is 126 cm³/mol. The second kappa shape index (κ2) is 10.7. The number of hydrogen-bond donors (Lipinski definition) is 2. The van der Waals surface area contributed by atoms with Gasteiger partial charge in [0, 0.05) is 23.2 Å². The topological polar surface area (TPSA) is 106 Å². The van der Waals surface area contributed by atoms with E-state index in [1.54, 1.807) is 37.3 Å². The average molecular weight is 472 g/mol. The van der Waals surface area contributed by atoms with Gasteiger partial charge in [0.25, 0.3) is 5.56 Å². The second-order valence-electron chi connectivity index (χ2n) is 6.56. The molecule has 0 saturated carbocycles. The van der Waals surface area contributed by atoms with Gasteiger partial charge >= 0.3 is 5.97 Å². The summed E-state index contributed by atoms with van der Waals surface area (Å²) in [4.78, 5) is 49.5. The quantitative estimate of drug-likeness (QED) is 0.511. The van der Waals surface area contributed by atoms with Gasteiger partial charge in [-0.3, -0.25) is 19.0 Å². The lowest BCUT2D eigenvalue weighted by Crippen LogP contribution is -2.36. The van der Waals surface area contributed by atoms with E-state index in [-0.39, 0.29) is 24.6 Å². The Bertz CT molecular complexity index is 1290. The smallest absolute Gasteiger partial charge is 0.333 e. The van der Waals surface area contributed by atoms with Gasteiger partial charge in [0.15, 0.2) is 0 Å². The van der Waals surface area contributed by atoms with Crippen LogP contribution in [0.3, 0.4) is 0 Å². The Morgan fingerprint density at radius 3 is 2.38 bits per heavy atom. The Kier molecular flexibility index (Phi) is 7.74. The normalized spacial score (nSPS) is 11.9. The SMILES string of the molecule is CCOC(=O)/C=c1\s/c(=C\c2cccs2)c(=O)n1CC(=O)Nc1ccc(NC(C)=O)cc1. The van der Waals surface area contributed by atoms with Crippen LogP contribution < -0.4 is 25.4 Å². The summed E-state index contributed by atoms with van der Waals surface area (Å²) in [5.74, 6) is -1.21. The van der Waals surface area contributed by atoms with E-state index in [9.17, 15) is 19.2 Å². The van der Waals surface area contributed by atoms with E-state index in [1.807, 2.05) is 17.5 Å². The summed E-state index contributed by atoms with van der Waals surface area (Å²) in [6, 6.07) is 10.3. The van der Waals surface area contributed by atoms with Crippen molar-refractivity contribution in [1.29, 1.82) is 0 Å². The van der Waals surface area contributed by atoms with E-state index < -0.39 is 11.9 Å². The van der Waals surface area contributed by atoms with Crippen LogP contribution in [-0.2, 0) is 25.7 Å². The number of carbonyl (C=O) groups is 3. The van der Waals surface area contributed by atoms with E-state index in [1.165, 1.54) is 28.9 Å². The number of aromatic nitrogens is 1. The van der Waals surface area contributed by atoms with Gasteiger partial charge in [0.05, 0.1) is 17.2 Å². The van der Waals surface area contributed by atoms with E-state index in [0.717, 1.165) is 16.2 Å². The number of esters is 1. The molecule has 8 nitrogen and oxygen atoms in total. The molecule has 2 amide bonds. The number of ether oxygens (including phenoxy) is 1. The summed E-state index contributed by atoms with van der Waals surface area (Å²) in [5.41, 5.74) is 0.744. The van der Waals surface area contributed by atoms with Crippen molar-refractivity contribution in [2.75, 3.05) is 17.2 Å². The van der Waals surface area contributed by atoms with Crippen LogP contribution in [0.5, 0.6) is 0 Å². The molecule has 0 aliphatic rings. The largest absolute Gasteiger partial charge is 0.463 e. The van der Waals surface area contributed by atoms with E-state index in [0.29, 0.717) is 20.6 Å². The first-order valence-corrected chi connectivity index (χ1v) is 11.4. The molecule has 0 unspecified atom stereocenters. The van der Waals surface area contributed by atoms with Crippen molar-refractivity contribution in [2.24, 2.45) is 0 Å². The van der Waals surface area contributed by atoms with Crippen molar-refractivity contribution in [3.8, 4) is 0 Å². The van der Waals surface area contributed by atoms with Gasteiger partial charge < -0.3 is 15.4 Å². The molecule has 1 aromatic carbocycles. The number of anilines is 2. The second-order valence-corrected chi connectivity index (χ2v) is 8.60. The molecule has 0 bridgehead atoms. The maximum Gasteiger partial charge on any atom is 0.333 e. The van der Waals surface area contributed by atoms with Crippen molar-refractivity contribution in [1.82, 2.24) is 4.57 Å². The fourth-order valence-corrected chi connectivity index (χ4v) is 4.52. The highest BCUT2D eigenvalue weighted by Gasteiger charge is 2.12. The molecule has 32 heavy (non-hydrogen) atoms. The molecule has 0 radical (unpaired) electrons. The molecule has 3 aromatic rings. The van der Waals surface area contributed by atoms with Crippen LogP contribution in [0, 0.1) is 0 Å². The third-order valence-corrected chi connectivity index (χ3v) is 5.95. The molecule has 2 N–H and O–H groups in total. The van der Waals surface area contributed by atoms with E-state index in [2.05, 4.69) is 10.6 Å². The third kappa shape index (κ3) is 6.25. The number of thiazole rings is 1. The summed E-state index contributed by atoms with van der Waals surface area (Å²) >= 11 is 2.60. The minimum atomic E-state index is -0.584. The minimum absolute atomic E-state index is 0.195. The lowest BCUT2D eigenvalue weighted by atomic mass is 10.2. The molecule has 0 aliphatic carbocycles. The van der Waals surface area contributed by atoms with Crippen LogP contribution in [0.4, 0.5) is 11.4 Å². The molecule has 0 fully saturated rings. The van der Waals surface area contributed by atoms with E-state index in [4.69, 9.17) is 4.74 Å². The first-order chi connectivity index (χ1) is 15.4. The fourth-order valence-electron chi connectivity index (χ4n) is 2.76. The molecule has 3 rings (SSSR count). The van der Waals surface area contributed by atoms with Gasteiger partial charge in [-0.1, -0.05) is 6.07 Å². The molecular weight excluding hydrogens is 450 g/mol. The van der Waals surface area contributed by atoms with E-state index >= 15 is 0 Å². The van der Waals surface area contributed by atoms with Gasteiger partial charge in [-0.2, -0.15) is 0 Å². The first kappa shape index (κ1) is 23.2. The number of rotatable bonds is 7. The Hall–Kier alpha value is -3.50.